The van der Waals surface area contributed by atoms with Crippen molar-refractivity contribution in [2.75, 3.05) is 13.6 Å². The van der Waals surface area contributed by atoms with Gasteiger partial charge in [-0.25, -0.2) is 0 Å². The second-order valence-electron chi connectivity index (χ2n) is 2.86. The van der Waals surface area contributed by atoms with Gasteiger partial charge in [0, 0.05) is 11.6 Å². The minimum absolute atomic E-state index is 0.833. The number of allylic oxidation sites excluding steroid dienone is 3. The summed E-state index contributed by atoms with van der Waals surface area (Å²) in [6.45, 7) is 5.02. The molecule has 0 heterocycles. The largest absolute Gasteiger partial charge is 0.316 e. The van der Waals surface area contributed by atoms with Gasteiger partial charge in [0.05, 0.1) is 0 Å². The van der Waals surface area contributed by atoms with Crippen molar-refractivity contribution in [3.05, 3.63) is 22.8 Å². The topological polar surface area (TPSA) is 12.0 Å². The lowest BCUT2D eigenvalue weighted by molar-refractivity contribution is 0.800. The summed E-state index contributed by atoms with van der Waals surface area (Å²) in [4.78, 5) is 0. The average Bonchev–Trinajstić information content (AvgIpc) is 2.01. The van der Waals surface area contributed by atoms with Crippen LogP contribution in [0.25, 0.3) is 0 Å². The third kappa shape index (κ3) is 6.44. The first-order valence-corrected chi connectivity index (χ1v) is 4.75. The fourth-order valence-electron chi connectivity index (χ4n) is 1.01. The van der Waals surface area contributed by atoms with Crippen molar-refractivity contribution in [2.24, 2.45) is 0 Å². The maximum absolute atomic E-state index is 5.72. The smallest absolute Gasteiger partial charge is 0.0164 e. The van der Waals surface area contributed by atoms with E-state index in [9.17, 15) is 0 Å². The van der Waals surface area contributed by atoms with Gasteiger partial charge in [-0.3, -0.25) is 0 Å². The molecule has 0 bridgehead atoms. The zero-order chi connectivity index (χ0) is 9.40. The van der Waals surface area contributed by atoms with E-state index in [4.69, 9.17) is 11.6 Å². The highest BCUT2D eigenvalue weighted by Crippen LogP contribution is 2.06. The van der Waals surface area contributed by atoms with Crippen molar-refractivity contribution in [1.82, 2.24) is 5.32 Å². The summed E-state index contributed by atoms with van der Waals surface area (Å²) < 4.78 is 0. The highest BCUT2D eigenvalue weighted by molar-refractivity contribution is 6.29. The zero-order valence-corrected chi connectivity index (χ0v) is 8.91. The molecule has 1 nitrogen and oxygen atoms in total. The number of halogens is 1. The van der Waals surface area contributed by atoms with Gasteiger partial charge in [-0.15, -0.1) is 0 Å². The molecule has 0 spiro atoms. The van der Waals surface area contributed by atoms with Crippen LogP contribution >= 0.6 is 11.6 Å². The quantitative estimate of drug-likeness (QED) is 0.653. The third-order valence-electron chi connectivity index (χ3n) is 1.52. The molecular formula is C10H18ClN. The van der Waals surface area contributed by atoms with E-state index >= 15 is 0 Å². The van der Waals surface area contributed by atoms with Crippen LogP contribution in [0.15, 0.2) is 22.8 Å². The molecule has 12 heavy (non-hydrogen) atoms. The van der Waals surface area contributed by atoms with Crippen molar-refractivity contribution in [3.8, 4) is 0 Å². The Kier molecular flexibility index (Phi) is 7.22. The van der Waals surface area contributed by atoms with Gasteiger partial charge in [-0.2, -0.15) is 0 Å². The Hall–Kier alpha value is -0.270. The predicted octanol–water partition coefficient (Wildman–Crippen LogP) is 3.07. The van der Waals surface area contributed by atoms with Gasteiger partial charge in [0.25, 0.3) is 0 Å². The van der Waals surface area contributed by atoms with Crippen LogP contribution in [0.1, 0.15) is 26.7 Å². The van der Waals surface area contributed by atoms with Crippen LogP contribution in [-0.2, 0) is 0 Å². The summed E-state index contributed by atoms with van der Waals surface area (Å²) in [5.41, 5.74) is 1.40. The first-order valence-electron chi connectivity index (χ1n) is 4.37. The van der Waals surface area contributed by atoms with Crippen LogP contribution in [-0.4, -0.2) is 13.6 Å². The summed E-state index contributed by atoms with van der Waals surface area (Å²) in [6.07, 6.45) is 6.37. The Balaban J connectivity index is 4.07. The predicted molar refractivity (Wildman–Crippen MR) is 56.5 cm³/mol. The fraction of sp³-hybridized carbons (Fsp3) is 0.600. The molecule has 1 N–H and O–H groups in total. The highest BCUT2D eigenvalue weighted by atomic mass is 35.5. The molecule has 0 saturated heterocycles. The second-order valence-corrected chi connectivity index (χ2v) is 3.45. The van der Waals surface area contributed by atoms with Crippen LogP contribution < -0.4 is 5.32 Å². The molecule has 0 saturated carbocycles. The third-order valence-corrected chi connectivity index (χ3v) is 1.65. The molecule has 0 aliphatic rings. The van der Waals surface area contributed by atoms with Crippen molar-refractivity contribution in [2.45, 2.75) is 26.7 Å². The van der Waals surface area contributed by atoms with E-state index in [-0.39, 0.29) is 0 Å². The number of hydrogen-bond acceptors (Lipinski definition) is 1. The van der Waals surface area contributed by atoms with Gasteiger partial charge >= 0.3 is 0 Å². The molecule has 0 fully saturated rings. The van der Waals surface area contributed by atoms with Crippen molar-refractivity contribution in [1.29, 1.82) is 0 Å². The fourth-order valence-corrected chi connectivity index (χ4v) is 1.07. The molecule has 0 amide bonds. The maximum atomic E-state index is 5.72. The molecule has 2 heteroatoms. The van der Waals surface area contributed by atoms with Crippen LogP contribution in [0.5, 0.6) is 0 Å². The number of rotatable bonds is 5. The second kappa shape index (κ2) is 7.38. The number of likely N-dealkylation sites (N-methyl/N-ethyl adjacent to an activating group) is 1. The van der Waals surface area contributed by atoms with Crippen molar-refractivity contribution >= 4 is 11.6 Å². The highest BCUT2D eigenvalue weighted by Gasteiger charge is 1.91. The van der Waals surface area contributed by atoms with Gasteiger partial charge in [0.15, 0.2) is 0 Å². The van der Waals surface area contributed by atoms with Gasteiger partial charge < -0.3 is 5.32 Å². The minimum atomic E-state index is 0.833. The van der Waals surface area contributed by atoms with Gasteiger partial charge in [0.2, 0.25) is 0 Å². The molecule has 70 valence electrons. The molecule has 0 aliphatic heterocycles. The van der Waals surface area contributed by atoms with E-state index in [1.807, 2.05) is 20.0 Å². The summed E-state index contributed by atoms with van der Waals surface area (Å²) in [6, 6.07) is 0. The SMILES string of the molecule is CCC/C(=C\C=C(/C)Cl)CNC. The Bertz CT molecular complexity index is 159. The van der Waals surface area contributed by atoms with E-state index in [0.717, 1.165) is 18.0 Å². The molecule has 0 aromatic heterocycles. The van der Waals surface area contributed by atoms with Gasteiger partial charge in [0.1, 0.15) is 0 Å². The van der Waals surface area contributed by atoms with Gasteiger partial charge in [-0.1, -0.05) is 36.6 Å². The summed E-state index contributed by atoms with van der Waals surface area (Å²) >= 11 is 5.72. The Morgan fingerprint density at radius 2 is 2.08 bits per heavy atom. The molecule has 0 rings (SSSR count). The first kappa shape index (κ1) is 11.7. The normalized spacial score (nSPS) is 13.7. The van der Waals surface area contributed by atoms with Crippen LogP contribution in [0.2, 0.25) is 0 Å². The first-order chi connectivity index (χ1) is 5.70. The number of hydrogen-bond donors (Lipinski definition) is 1. The zero-order valence-electron chi connectivity index (χ0n) is 8.15. The van der Waals surface area contributed by atoms with E-state index in [1.165, 1.54) is 12.0 Å². The van der Waals surface area contributed by atoms with Crippen LogP contribution in [0, 0.1) is 0 Å². The molecule has 0 aliphatic carbocycles. The van der Waals surface area contributed by atoms with E-state index in [0.29, 0.717) is 0 Å². The van der Waals surface area contributed by atoms with E-state index < -0.39 is 0 Å². The molecule has 0 atom stereocenters. The maximum Gasteiger partial charge on any atom is 0.0164 e. The number of nitrogens with one attached hydrogen (secondary N) is 1. The summed E-state index contributed by atoms with van der Waals surface area (Å²) in [5, 5.41) is 3.97. The van der Waals surface area contributed by atoms with Crippen LogP contribution in [0.3, 0.4) is 0 Å². The molecule has 0 aromatic rings. The Morgan fingerprint density at radius 3 is 2.50 bits per heavy atom. The Labute approximate surface area is 80.5 Å². The van der Waals surface area contributed by atoms with Crippen LogP contribution in [0.4, 0.5) is 0 Å². The minimum Gasteiger partial charge on any atom is -0.316 e. The lowest BCUT2D eigenvalue weighted by Gasteiger charge is -2.02. The lowest BCUT2D eigenvalue weighted by Crippen LogP contribution is -2.10. The van der Waals surface area contributed by atoms with Crippen molar-refractivity contribution < 1.29 is 0 Å². The van der Waals surface area contributed by atoms with E-state index in [1.54, 1.807) is 0 Å². The average molecular weight is 188 g/mol. The lowest BCUT2D eigenvalue weighted by atomic mass is 10.1. The summed E-state index contributed by atoms with van der Waals surface area (Å²) in [7, 11) is 1.96. The van der Waals surface area contributed by atoms with Crippen molar-refractivity contribution in [3.63, 3.8) is 0 Å². The molecule has 0 radical (unpaired) electrons. The summed E-state index contributed by atoms with van der Waals surface area (Å²) in [5.74, 6) is 0. The standard InChI is InChI=1S/C10H18ClN/c1-4-5-10(8-12-3)7-6-9(2)11/h6-7,12H,4-5,8H2,1-3H3/b9-6+,10-7+. The molecule has 0 aromatic carbocycles. The molecule has 0 unspecified atom stereocenters. The van der Waals surface area contributed by atoms with E-state index in [2.05, 4.69) is 18.3 Å². The Morgan fingerprint density at radius 1 is 1.42 bits per heavy atom. The van der Waals surface area contributed by atoms with Gasteiger partial charge in [-0.05, 0) is 26.5 Å². The monoisotopic (exact) mass is 187 g/mol. The molecular weight excluding hydrogens is 170 g/mol.